The first-order chi connectivity index (χ1) is 19.4. The molecule has 0 saturated carbocycles. The van der Waals surface area contributed by atoms with Gasteiger partial charge in [0.1, 0.15) is 6.54 Å². The summed E-state index contributed by atoms with van der Waals surface area (Å²) in [6, 6.07) is 6.78. The number of urea groups is 1. The van der Waals surface area contributed by atoms with E-state index in [1.165, 1.54) is 6.07 Å². The second-order valence-corrected chi connectivity index (χ2v) is 10.8. The molecule has 2 aromatic rings. The van der Waals surface area contributed by atoms with Crippen LogP contribution >= 0.6 is 11.8 Å². The summed E-state index contributed by atoms with van der Waals surface area (Å²) in [4.78, 5) is 59.5. The van der Waals surface area contributed by atoms with E-state index in [-0.39, 0.29) is 49.1 Å². The topological polar surface area (TPSA) is 170 Å². The lowest BCUT2D eigenvalue weighted by Crippen LogP contribution is -2.36. The number of benzene rings is 1. The number of ether oxygens (including phenoxy) is 2. The number of nitrogens with zero attached hydrogens (tertiary/aromatic N) is 1. The summed E-state index contributed by atoms with van der Waals surface area (Å²) >= 11 is 1.88. The predicted octanol–water partition coefficient (Wildman–Crippen LogP) is -0.0539. The second kappa shape index (κ2) is 14.9. The Hall–Kier alpha value is -3.36. The summed E-state index contributed by atoms with van der Waals surface area (Å²) in [5.41, 5.74) is -0.405. The van der Waals surface area contributed by atoms with Crippen LogP contribution in [0.3, 0.4) is 0 Å². The van der Waals surface area contributed by atoms with Crippen LogP contribution in [0.4, 0.5) is 4.79 Å². The Morgan fingerprint density at radius 3 is 2.48 bits per heavy atom. The number of hydrogen-bond acceptors (Lipinski definition) is 9. The molecule has 13 nitrogen and oxygen atoms in total. The predicted molar refractivity (Wildman–Crippen MR) is 148 cm³/mol. The van der Waals surface area contributed by atoms with E-state index in [2.05, 4.69) is 25.7 Å². The number of rotatable bonds is 16. The molecular weight excluding hydrogens is 542 g/mol. The highest BCUT2D eigenvalue weighted by Gasteiger charge is 2.42. The van der Waals surface area contributed by atoms with Gasteiger partial charge in [0.25, 0.3) is 0 Å². The van der Waals surface area contributed by atoms with E-state index in [0.29, 0.717) is 43.6 Å². The van der Waals surface area contributed by atoms with Crippen molar-refractivity contribution in [3.8, 4) is 0 Å². The zero-order valence-electron chi connectivity index (χ0n) is 22.1. The molecule has 2 saturated heterocycles. The zero-order chi connectivity index (χ0) is 28.3. The number of unbranched alkanes of at least 4 members (excludes halogenated alkanes) is 1. The van der Waals surface area contributed by atoms with E-state index in [1.807, 2.05) is 11.8 Å². The molecular formula is C26H35N5O8S. The van der Waals surface area contributed by atoms with Crippen LogP contribution in [-0.4, -0.2) is 85.0 Å². The molecule has 4 N–H and O–H groups in total. The number of carbonyl (C=O) groups excluding carboxylic acids is 3. The third-order valence-corrected chi connectivity index (χ3v) is 8.22. The van der Waals surface area contributed by atoms with Crippen molar-refractivity contribution in [3.63, 3.8) is 0 Å². The number of hydrogen-bond donors (Lipinski definition) is 4. The fourth-order valence-corrected chi connectivity index (χ4v) is 6.27. The van der Waals surface area contributed by atoms with Crippen LogP contribution in [0.25, 0.3) is 10.9 Å². The maximum Gasteiger partial charge on any atom is 0.422 e. The minimum Gasteiger partial charge on any atom is -0.377 e. The molecule has 2 aliphatic rings. The lowest BCUT2D eigenvalue weighted by molar-refractivity contribution is -0.122. The molecule has 0 spiro atoms. The van der Waals surface area contributed by atoms with Gasteiger partial charge in [-0.15, -0.1) is 0 Å². The van der Waals surface area contributed by atoms with Gasteiger partial charge in [-0.25, -0.2) is 14.4 Å². The van der Waals surface area contributed by atoms with Crippen LogP contribution in [0.5, 0.6) is 0 Å². The van der Waals surface area contributed by atoms with Crippen molar-refractivity contribution in [2.24, 2.45) is 0 Å². The number of fused-ring (bicyclic) bond motifs is 2. The maximum absolute atomic E-state index is 12.2. The molecule has 218 valence electrons. The van der Waals surface area contributed by atoms with Gasteiger partial charge in [0.05, 0.1) is 49.4 Å². The summed E-state index contributed by atoms with van der Waals surface area (Å²) in [5, 5.41) is 12.1. The second-order valence-electron chi connectivity index (χ2n) is 9.55. The summed E-state index contributed by atoms with van der Waals surface area (Å²) in [6.07, 6.45) is 3.20. The lowest BCUT2D eigenvalue weighted by Gasteiger charge is -2.16. The first kappa shape index (κ1) is 29.6. The quantitative estimate of drug-likeness (QED) is 0.158. The van der Waals surface area contributed by atoms with Gasteiger partial charge in [-0.1, -0.05) is 18.6 Å². The average molecular weight is 578 g/mol. The number of thioether (sulfide) groups is 1. The maximum atomic E-state index is 12.2. The lowest BCUT2D eigenvalue weighted by atomic mass is 10.0. The van der Waals surface area contributed by atoms with Gasteiger partial charge in [-0.05, 0) is 25.0 Å². The molecule has 2 aliphatic heterocycles. The van der Waals surface area contributed by atoms with Crippen molar-refractivity contribution in [1.29, 1.82) is 0 Å². The number of amides is 4. The zero-order valence-corrected chi connectivity index (χ0v) is 23.0. The third kappa shape index (κ3) is 8.32. The number of para-hydroxylation sites is 1. The fraction of sp³-hybridized carbons (Fsp3) is 0.577. The molecule has 0 radical (unpaired) electrons. The molecule has 3 unspecified atom stereocenters. The highest BCUT2D eigenvalue weighted by molar-refractivity contribution is 8.00. The molecule has 3 atom stereocenters. The third-order valence-electron chi connectivity index (χ3n) is 6.71. The minimum atomic E-state index is -0.890. The Kier molecular flexibility index (Phi) is 11.0. The largest absolute Gasteiger partial charge is 0.422 e. The van der Waals surface area contributed by atoms with Gasteiger partial charge >= 0.3 is 17.4 Å². The number of aromatic nitrogens is 1. The van der Waals surface area contributed by atoms with E-state index in [4.69, 9.17) is 9.47 Å². The number of carbonyl (C=O) groups is 3. The first-order valence-corrected chi connectivity index (χ1v) is 14.5. The monoisotopic (exact) mass is 577 g/mol. The standard InChI is InChI=1S/C26H35N5O8S/c32-21(8-4-3-7-20-23-18(16-40-20)29-25(35)30-23)27-9-11-37-13-14-38-12-10-28-22(33)15-31-19-6-2-1-5-17(19)24(34)39-26(31)36/h1-2,5-6,18,20,23H,3-4,7-16H2,(H,27,32)(H,28,33)(H2,29,30,35). The van der Waals surface area contributed by atoms with E-state index in [9.17, 15) is 24.0 Å². The Balaban J connectivity index is 0.968. The highest BCUT2D eigenvalue weighted by Crippen LogP contribution is 2.33. The van der Waals surface area contributed by atoms with Crippen molar-refractivity contribution in [2.75, 3.05) is 45.3 Å². The van der Waals surface area contributed by atoms with E-state index in [0.717, 1.165) is 29.6 Å². The molecule has 1 aromatic carbocycles. The van der Waals surface area contributed by atoms with E-state index < -0.39 is 17.3 Å². The van der Waals surface area contributed by atoms with Crippen LogP contribution < -0.4 is 32.6 Å². The average Bonchev–Trinajstić information content (AvgIpc) is 3.49. The van der Waals surface area contributed by atoms with Crippen LogP contribution in [0.2, 0.25) is 0 Å². The summed E-state index contributed by atoms with van der Waals surface area (Å²) in [5.74, 6) is -0.368. The molecule has 3 heterocycles. The summed E-state index contributed by atoms with van der Waals surface area (Å²) in [7, 11) is 0. The van der Waals surface area contributed by atoms with Crippen LogP contribution in [-0.2, 0) is 25.6 Å². The van der Waals surface area contributed by atoms with Crippen molar-refractivity contribution < 1.29 is 28.3 Å². The van der Waals surface area contributed by atoms with Gasteiger partial charge < -0.3 is 35.2 Å². The molecule has 14 heteroatoms. The van der Waals surface area contributed by atoms with Crippen molar-refractivity contribution in [2.45, 2.75) is 49.6 Å². The Labute approximate surface area is 234 Å². The molecule has 2 fully saturated rings. The van der Waals surface area contributed by atoms with Crippen molar-refractivity contribution in [3.05, 3.63) is 45.2 Å². The number of nitrogens with one attached hydrogen (secondary N) is 4. The molecule has 4 rings (SSSR count). The highest BCUT2D eigenvalue weighted by atomic mass is 32.2. The van der Waals surface area contributed by atoms with Crippen molar-refractivity contribution in [1.82, 2.24) is 25.8 Å². The Morgan fingerprint density at radius 1 is 0.975 bits per heavy atom. The summed E-state index contributed by atoms with van der Waals surface area (Å²) in [6.45, 7) is 1.68. The molecule has 0 aliphatic carbocycles. The molecule has 0 bridgehead atoms. The van der Waals surface area contributed by atoms with Crippen LogP contribution in [0.15, 0.2) is 38.3 Å². The van der Waals surface area contributed by atoms with Crippen LogP contribution in [0.1, 0.15) is 25.7 Å². The van der Waals surface area contributed by atoms with E-state index >= 15 is 0 Å². The Morgan fingerprint density at radius 2 is 1.70 bits per heavy atom. The first-order valence-electron chi connectivity index (χ1n) is 13.4. The van der Waals surface area contributed by atoms with Gasteiger partial charge in [-0.3, -0.25) is 14.2 Å². The van der Waals surface area contributed by atoms with Gasteiger partial charge in [-0.2, -0.15) is 11.8 Å². The molecule has 40 heavy (non-hydrogen) atoms. The minimum absolute atomic E-state index is 0.00344. The van der Waals surface area contributed by atoms with E-state index in [1.54, 1.807) is 18.2 Å². The molecule has 4 amide bonds. The van der Waals surface area contributed by atoms with Gasteiger partial charge in [0.15, 0.2) is 0 Å². The Bertz CT molecular complexity index is 1300. The fourth-order valence-electron chi connectivity index (χ4n) is 4.73. The SMILES string of the molecule is O=C(CCCCC1SCC2NC(=O)NC21)NCCOCCOCCNC(=O)Cn1c(=O)oc(=O)c2ccccc21. The van der Waals surface area contributed by atoms with Gasteiger partial charge in [0, 0.05) is 30.5 Å². The normalized spacial score (nSPS) is 19.7. The molecule has 1 aromatic heterocycles. The van der Waals surface area contributed by atoms with Gasteiger partial charge in [0.2, 0.25) is 11.8 Å². The summed E-state index contributed by atoms with van der Waals surface area (Å²) < 4.78 is 16.7. The van der Waals surface area contributed by atoms with Crippen LogP contribution in [0, 0.1) is 0 Å². The van der Waals surface area contributed by atoms with Crippen molar-refractivity contribution >= 4 is 40.5 Å². The smallest absolute Gasteiger partial charge is 0.377 e.